The molecule has 1 N–H and O–H groups in total. The SMILES string of the molecule is CC/C(C)=C/C=C(\C)CNC(=O)c1cncc(Cc2ccc(CCC(=O)OC)cc2)c1. The Morgan fingerprint density at radius 3 is 2.35 bits per heavy atom. The number of esters is 1. The first kappa shape index (κ1) is 24.1. The summed E-state index contributed by atoms with van der Waals surface area (Å²) in [5.41, 5.74) is 6.14. The normalized spacial score (nSPS) is 11.9. The number of aryl methyl sites for hydroxylation is 1. The highest BCUT2D eigenvalue weighted by molar-refractivity contribution is 5.94. The van der Waals surface area contributed by atoms with E-state index in [0.29, 0.717) is 31.4 Å². The molecule has 1 aromatic heterocycles. The van der Waals surface area contributed by atoms with E-state index >= 15 is 0 Å². The number of hydrogen-bond acceptors (Lipinski definition) is 4. The smallest absolute Gasteiger partial charge is 0.305 e. The van der Waals surface area contributed by atoms with Crippen molar-refractivity contribution < 1.29 is 14.3 Å². The van der Waals surface area contributed by atoms with Gasteiger partial charge < -0.3 is 10.1 Å². The van der Waals surface area contributed by atoms with Gasteiger partial charge >= 0.3 is 5.97 Å². The Bertz CT molecular complexity index is 943. The summed E-state index contributed by atoms with van der Waals surface area (Å²) in [6.45, 7) is 6.72. The van der Waals surface area contributed by atoms with Crippen LogP contribution in [0, 0.1) is 0 Å². The van der Waals surface area contributed by atoms with Crippen molar-refractivity contribution in [3.63, 3.8) is 0 Å². The number of ether oxygens (including phenoxy) is 1. The zero-order chi connectivity index (χ0) is 22.6. The second-order valence-electron chi connectivity index (χ2n) is 7.71. The van der Waals surface area contributed by atoms with Gasteiger partial charge in [-0.2, -0.15) is 0 Å². The second-order valence-corrected chi connectivity index (χ2v) is 7.71. The number of carbonyl (C=O) groups excluding carboxylic acids is 2. The van der Waals surface area contributed by atoms with Crippen LogP contribution in [0.15, 0.2) is 66.0 Å². The molecule has 164 valence electrons. The molecule has 0 saturated heterocycles. The summed E-state index contributed by atoms with van der Waals surface area (Å²) in [6, 6.07) is 10.0. The lowest BCUT2D eigenvalue weighted by Gasteiger charge is -2.08. The summed E-state index contributed by atoms with van der Waals surface area (Å²) < 4.78 is 4.68. The number of rotatable bonds is 10. The largest absolute Gasteiger partial charge is 0.469 e. The van der Waals surface area contributed by atoms with Gasteiger partial charge in [-0.25, -0.2) is 0 Å². The van der Waals surface area contributed by atoms with Crippen molar-refractivity contribution in [1.82, 2.24) is 10.3 Å². The molecule has 1 heterocycles. The first-order chi connectivity index (χ1) is 14.9. The Labute approximate surface area is 185 Å². The van der Waals surface area contributed by atoms with E-state index in [0.717, 1.165) is 28.7 Å². The van der Waals surface area contributed by atoms with Crippen molar-refractivity contribution in [2.75, 3.05) is 13.7 Å². The van der Waals surface area contributed by atoms with E-state index in [9.17, 15) is 9.59 Å². The number of hydrogen-bond donors (Lipinski definition) is 1. The average molecular weight is 421 g/mol. The van der Waals surface area contributed by atoms with Gasteiger partial charge in [-0.15, -0.1) is 0 Å². The van der Waals surface area contributed by atoms with E-state index in [2.05, 4.69) is 35.0 Å². The van der Waals surface area contributed by atoms with Crippen LogP contribution in [0.3, 0.4) is 0 Å². The molecule has 2 aromatic rings. The molecule has 0 aliphatic heterocycles. The topological polar surface area (TPSA) is 68.3 Å². The van der Waals surface area contributed by atoms with Gasteiger partial charge in [-0.1, -0.05) is 54.5 Å². The van der Waals surface area contributed by atoms with E-state index in [4.69, 9.17) is 0 Å². The average Bonchev–Trinajstić information content (AvgIpc) is 2.80. The summed E-state index contributed by atoms with van der Waals surface area (Å²) in [6.07, 6.45) is 10.2. The summed E-state index contributed by atoms with van der Waals surface area (Å²) in [5, 5.41) is 2.95. The van der Waals surface area contributed by atoms with Crippen LogP contribution in [0.25, 0.3) is 0 Å². The summed E-state index contributed by atoms with van der Waals surface area (Å²) in [7, 11) is 1.40. The molecule has 0 bridgehead atoms. The van der Waals surface area contributed by atoms with Crippen molar-refractivity contribution in [1.29, 1.82) is 0 Å². The van der Waals surface area contributed by atoms with Gasteiger partial charge in [-0.3, -0.25) is 14.6 Å². The van der Waals surface area contributed by atoms with Gasteiger partial charge in [0.05, 0.1) is 12.7 Å². The maximum atomic E-state index is 12.5. The third-order valence-electron chi connectivity index (χ3n) is 5.07. The molecule has 0 unspecified atom stereocenters. The fourth-order valence-electron chi connectivity index (χ4n) is 2.90. The highest BCUT2D eigenvalue weighted by atomic mass is 16.5. The molecule has 0 aliphatic carbocycles. The Balaban J connectivity index is 1.94. The Kier molecular flexibility index (Phi) is 9.69. The van der Waals surface area contributed by atoms with E-state index in [-0.39, 0.29) is 11.9 Å². The van der Waals surface area contributed by atoms with E-state index in [1.807, 2.05) is 43.3 Å². The number of benzene rings is 1. The minimum Gasteiger partial charge on any atom is -0.469 e. The number of methoxy groups -OCH3 is 1. The fourth-order valence-corrected chi connectivity index (χ4v) is 2.90. The van der Waals surface area contributed by atoms with E-state index in [1.165, 1.54) is 12.7 Å². The van der Waals surface area contributed by atoms with Crippen molar-refractivity contribution in [3.8, 4) is 0 Å². The summed E-state index contributed by atoms with van der Waals surface area (Å²) in [5.74, 6) is -0.333. The van der Waals surface area contributed by atoms with Crippen LogP contribution in [0.1, 0.15) is 60.7 Å². The Hall–Kier alpha value is -3.21. The number of allylic oxidation sites excluding steroid dienone is 3. The molecule has 31 heavy (non-hydrogen) atoms. The quantitative estimate of drug-likeness (QED) is 0.442. The fraction of sp³-hybridized carbons (Fsp3) is 0.346. The van der Waals surface area contributed by atoms with E-state index in [1.54, 1.807) is 12.4 Å². The van der Waals surface area contributed by atoms with Gasteiger partial charge in [-0.05, 0) is 55.9 Å². The Morgan fingerprint density at radius 2 is 1.68 bits per heavy atom. The highest BCUT2D eigenvalue weighted by Crippen LogP contribution is 2.13. The number of aromatic nitrogens is 1. The zero-order valence-corrected chi connectivity index (χ0v) is 18.9. The molecule has 0 fully saturated rings. The molecular formula is C26H32N2O3. The molecule has 0 spiro atoms. The highest BCUT2D eigenvalue weighted by Gasteiger charge is 2.08. The van der Waals surface area contributed by atoms with Crippen LogP contribution in [-0.4, -0.2) is 30.5 Å². The van der Waals surface area contributed by atoms with Gasteiger partial charge in [0.1, 0.15) is 0 Å². The maximum absolute atomic E-state index is 12.5. The maximum Gasteiger partial charge on any atom is 0.305 e. The first-order valence-electron chi connectivity index (χ1n) is 10.6. The van der Waals surface area contributed by atoms with E-state index < -0.39 is 0 Å². The number of pyridine rings is 1. The monoisotopic (exact) mass is 420 g/mol. The molecule has 0 aliphatic rings. The van der Waals surface area contributed by atoms with Crippen LogP contribution in [0.4, 0.5) is 0 Å². The summed E-state index contributed by atoms with van der Waals surface area (Å²) >= 11 is 0. The lowest BCUT2D eigenvalue weighted by molar-refractivity contribution is -0.140. The van der Waals surface area contributed by atoms with Gasteiger partial charge in [0.2, 0.25) is 0 Å². The predicted molar refractivity (Wildman–Crippen MR) is 124 cm³/mol. The number of carbonyl (C=O) groups is 2. The molecule has 2 rings (SSSR count). The Morgan fingerprint density at radius 1 is 1.00 bits per heavy atom. The van der Waals surface area contributed by atoms with Gasteiger partial charge in [0.25, 0.3) is 5.91 Å². The van der Waals surface area contributed by atoms with Crippen LogP contribution in [-0.2, 0) is 22.4 Å². The predicted octanol–water partition coefficient (Wildman–Crippen LogP) is 4.81. The minimum atomic E-state index is -0.205. The standard InChI is InChI=1S/C26H32N2O3/c1-5-19(2)6-7-20(3)16-28-26(30)24-15-23(17-27-18-24)14-22-10-8-21(9-11-22)12-13-25(29)31-4/h6-11,15,17-18H,5,12-14,16H2,1-4H3,(H,28,30)/b19-6+,20-7+. The third-order valence-corrected chi connectivity index (χ3v) is 5.07. The molecule has 0 atom stereocenters. The van der Waals surface area contributed by atoms with Crippen LogP contribution in [0.5, 0.6) is 0 Å². The molecule has 5 heteroatoms. The lowest BCUT2D eigenvalue weighted by atomic mass is 10.0. The van der Waals surface area contributed by atoms with Crippen molar-refractivity contribution in [2.24, 2.45) is 0 Å². The molecule has 5 nitrogen and oxygen atoms in total. The molecular weight excluding hydrogens is 388 g/mol. The van der Waals surface area contributed by atoms with Crippen LogP contribution < -0.4 is 5.32 Å². The van der Waals surface area contributed by atoms with Crippen LogP contribution >= 0.6 is 0 Å². The van der Waals surface area contributed by atoms with Crippen LogP contribution in [0.2, 0.25) is 0 Å². The first-order valence-corrected chi connectivity index (χ1v) is 10.6. The van der Waals surface area contributed by atoms with Gasteiger partial charge in [0, 0.05) is 25.4 Å². The minimum absolute atomic E-state index is 0.128. The van der Waals surface area contributed by atoms with Gasteiger partial charge in [0.15, 0.2) is 0 Å². The van der Waals surface area contributed by atoms with Crippen molar-refractivity contribution >= 4 is 11.9 Å². The van der Waals surface area contributed by atoms with Crippen molar-refractivity contribution in [3.05, 3.63) is 88.3 Å². The zero-order valence-electron chi connectivity index (χ0n) is 18.9. The summed E-state index contributed by atoms with van der Waals surface area (Å²) in [4.78, 5) is 28.0. The molecule has 0 radical (unpaired) electrons. The molecule has 1 amide bonds. The lowest BCUT2D eigenvalue weighted by Crippen LogP contribution is -2.25. The number of nitrogens with zero attached hydrogens (tertiary/aromatic N) is 1. The second kappa shape index (κ2) is 12.5. The molecule has 0 saturated carbocycles. The molecule has 1 aromatic carbocycles. The third kappa shape index (κ3) is 8.59. The van der Waals surface area contributed by atoms with Crippen molar-refractivity contribution in [2.45, 2.75) is 46.5 Å². The number of nitrogens with one attached hydrogen (secondary N) is 1. The number of amides is 1.